The highest BCUT2D eigenvalue weighted by atomic mass is 32.3. The van der Waals surface area contributed by atoms with Crippen LogP contribution >= 0.6 is 11.8 Å². The van der Waals surface area contributed by atoms with Gasteiger partial charge in [-0.3, -0.25) is 4.79 Å². The van der Waals surface area contributed by atoms with Gasteiger partial charge < -0.3 is 26.6 Å². The van der Waals surface area contributed by atoms with Gasteiger partial charge in [-0.25, -0.2) is 16.8 Å². The van der Waals surface area contributed by atoms with E-state index >= 15 is 0 Å². The lowest BCUT2D eigenvalue weighted by atomic mass is 10.4. The van der Waals surface area contributed by atoms with Crippen molar-refractivity contribution >= 4 is 46.6 Å². The summed E-state index contributed by atoms with van der Waals surface area (Å²) in [5.74, 6) is 1.67. The molecule has 0 unspecified atom stereocenters. The number of thioether (sulfide) groups is 1. The van der Waals surface area contributed by atoms with Crippen molar-refractivity contribution in [1.82, 2.24) is 0 Å². The number of halogens is 6. The van der Waals surface area contributed by atoms with Crippen molar-refractivity contribution in [3.05, 3.63) is 4.13 Å². The van der Waals surface area contributed by atoms with E-state index in [0.29, 0.717) is 32.8 Å². The molecule has 0 fully saturated rings. The molecule has 0 saturated carbocycles. The molecule has 0 radical (unpaired) electrons. The third-order valence-electron chi connectivity index (χ3n) is 5.49. The number of ether oxygens (including phenoxy) is 1. The lowest BCUT2D eigenvalue weighted by Crippen LogP contribution is -2.46. The molecule has 0 aliphatic heterocycles. The molecule has 0 spiro atoms. The van der Waals surface area contributed by atoms with Crippen molar-refractivity contribution in [2.75, 3.05) is 65.6 Å². The third kappa shape index (κ3) is 22.8. The van der Waals surface area contributed by atoms with Crippen molar-refractivity contribution in [3.8, 4) is 0 Å². The van der Waals surface area contributed by atoms with Gasteiger partial charge in [0, 0.05) is 31.6 Å². The Morgan fingerprint density at radius 2 is 1.13 bits per heavy atom. The summed E-state index contributed by atoms with van der Waals surface area (Å²) in [6.07, 6.45) is 7.88. The number of alkyl halides is 6. The molecule has 0 bridgehead atoms. The van der Waals surface area contributed by atoms with Crippen LogP contribution in [0.1, 0.15) is 72.1 Å². The largest absolute Gasteiger partial charge is 0.500 e. The van der Waals surface area contributed by atoms with Crippen LogP contribution in [0.2, 0.25) is 6.04 Å². The van der Waals surface area contributed by atoms with Gasteiger partial charge >= 0.3 is 25.8 Å². The number of nitrogens with zero attached hydrogens (tertiary/aromatic N) is 2. The van der Waals surface area contributed by atoms with Crippen molar-refractivity contribution < 1.29 is 70.5 Å². The topological polar surface area (TPSA) is 136 Å². The maximum Gasteiger partial charge on any atom is 0.500 e. The van der Waals surface area contributed by atoms with Gasteiger partial charge in [0.05, 0.1) is 27.6 Å². The quantitative estimate of drug-likeness (QED) is 0.0368. The van der Waals surface area contributed by atoms with Crippen LogP contribution in [0.25, 0.3) is 4.13 Å². The first-order chi connectivity index (χ1) is 21.0. The fourth-order valence-corrected chi connectivity index (χ4v) is 8.31. The van der Waals surface area contributed by atoms with Crippen molar-refractivity contribution in [2.24, 2.45) is 0 Å². The first-order valence-corrected chi connectivity index (χ1v) is 20.8. The molecule has 0 atom stereocenters. The van der Waals surface area contributed by atoms with E-state index in [1.54, 1.807) is 11.8 Å². The van der Waals surface area contributed by atoms with Crippen LogP contribution in [0.15, 0.2) is 0 Å². The second-order valence-electron chi connectivity index (χ2n) is 10.9. The average Bonchev–Trinajstić information content (AvgIpc) is 2.89. The zero-order valence-electron chi connectivity index (χ0n) is 27.4. The maximum absolute atomic E-state index is 11.9. The van der Waals surface area contributed by atoms with Crippen LogP contribution in [0.5, 0.6) is 0 Å². The predicted octanol–water partition coefficient (Wildman–Crippen LogP) is 6.20. The second-order valence-corrected chi connectivity index (χ2v) is 18.3. The summed E-state index contributed by atoms with van der Waals surface area (Å²) in [5, 5.41) is 0. The zero-order chi connectivity index (χ0) is 36.1. The molecular weight excluding hydrogens is 711 g/mol. The predicted molar refractivity (Wildman–Crippen MR) is 167 cm³/mol. The minimum absolute atomic E-state index is 0.0987. The van der Waals surface area contributed by atoms with E-state index in [4.69, 9.17) is 18.0 Å². The van der Waals surface area contributed by atoms with Gasteiger partial charge in [-0.1, -0.05) is 40.0 Å². The Balaban J connectivity index is 0. The number of unbranched alkanes of at least 4 members (excludes halogenated alkanes) is 3. The average molecular weight is 761 g/mol. The fourth-order valence-electron chi connectivity index (χ4n) is 2.83. The fraction of sp³-hybridized carbons (Fsp3) is 0.960. The van der Waals surface area contributed by atoms with Gasteiger partial charge in [-0.15, -0.1) is 0 Å². The number of esters is 1. The lowest BCUT2D eigenvalue weighted by molar-refractivity contribution is -0.870. The Labute approximate surface area is 275 Å². The number of carbonyl (C=O) groups excluding carboxylic acids is 1. The summed E-state index contributed by atoms with van der Waals surface area (Å²) in [7, 11) is -9.79. The highest BCUT2D eigenvalue weighted by Gasteiger charge is 2.47. The van der Waals surface area contributed by atoms with Gasteiger partial charge in [0.1, 0.15) is 13.2 Å². The zero-order valence-corrected chi connectivity index (χ0v) is 30.8. The number of sulfonamides is 2. The standard InChI is InChI=1S/C23H50NO5SSi.C2F6NO4S2/c1-7-10-16-27-31(28-17-11-8-2,29-18-12-9-3)22-13-20-30-21-14-23(25)26-19-15-24(4,5)6;3-1(4,5)14(10,11)9-15(12,13)2(6,7)8/h7-22H2,1-6H3;/q+1;-1. The van der Waals surface area contributed by atoms with E-state index in [0.717, 1.165) is 77.7 Å². The van der Waals surface area contributed by atoms with Crippen molar-refractivity contribution in [2.45, 2.75) is 89.2 Å². The van der Waals surface area contributed by atoms with E-state index in [-0.39, 0.29) is 5.97 Å². The molecule has 0 rings (SSSR count). The van der Waals surface area contributed by atoms with Crippen LogP contribution in [-0.2, 0) is 42.9 Å². The highest BCUT2D eigenvalue weighted by Crippen LogP contribution is 2.36. The van der Waals surface area contributed by atoms with E-state index in [9.17, 15) is 48.0 Å². The lowest BCUT2D eigenvalue weighted by Gasteiger charge is -2.30. The summed E-state index contributed by atoms with van der Waals surface area (Å²) in [6.45, 7) is 9.99. The molecule has 0 aromatic heterocycles. The van der Waals surface area contributed by atoms with E-state index in [1.165, 1.54) is 0 Å². The molecule has 0 N–H and O–H groups in total. The Morgan fingerprint density at radius 1 is 0.717 bits per heavy atom. The van der Waals surface area contributed by atoms with Crippen LogP contribution in [0, 0.1) is 0 Å². The Kier molecular flexibility index (Phi) is 23.6. The van der Waals surface area contributed by atoms with Gasteiger partial charge in [0.25, 0.3) is 0 Å². The monoisotopic (exact) mass is 760 g/mol. The number of hydrogen-bond donors (Lipinski definition) is 0. The Hall–Kier alpha value is -0.683. The maximum atomic E-state index is 11.9. The molecule has 0 aromatic rings. The van der Waals surface area contributed by atoms with Crippen LogP contribution in [-0.4, -0.2) is 113 Å². The molecule has 46 heavy (non-hydrogen) atoms. The summed E-state index contributed by atoms with van der Waals surface area (Å²) in [5.41, 5.74) is -12.4. The molecule has 278 valence electrons. The molecular formula is C25H50F6N2O9S3Si. The van der Waals surface area contributed by atoms with Crippen molar-refractivity contribution in [3.63, 3.8) is 0 Å². The summed E-state index contributed by atoms with van der Waals surface area (Å²) < 4.78 is 134. The van der Waals surface area contributed by atoms with Gasteiger partial charge in [0.2, 0.25) is 0 Å². The summed E-state index contributed by atoms with van der Waals surface area (Å²) in [4.78, 5) is 11.9. The summed E-state index contributed by atoms with van der Waals surface area (Å²) in [6, 6.07) is 0.852. The molecule has 21 heteroatoms. The first kappa shape index (κ1) is 47.4. The summed E-state index contributed by atoms with van der Waals surface area (Å²) >= 11 is 1.80. The minimum Gasteiger partial charge on any atom is -0.460 e. The Morgan fingerprint density at radius 3 is 1.48 bits per heavy atom. The van der Waals surface area contributed by atoms with Crippen LogP contribution in [0.3, 0.4) is 0 Å². The molecule has 0 saturated heterocycles. The number of rotatable bonds is 24. The number of carbonyl (C=O) groups is 1. The first-order valence-electron chi connectivity index (χ1n) is 14.8. The molecule has 11 nitrogen and oxygen atoms in total. The number of quaternary nitrogens is 1. The molecule has 0 aliphatic carbocycles. The highest BCUT2D eigenvalue weighted by molar-refractivity contribution is 8.13. The molecule has 0 aliphatic rings. The van der Waals surface area contributed by atoms with Gasteiger partial charge in [-0.2, -0.15) is 38.1 Å². The second kappa shape index (κ2) is 22.9. The molecule has 0 heterocycles. The van der Waals surface area contributed by atoms with Crippen LogP contribution in [0.4, 0.5) is 26.3 Å². The minimum atomic E-state index is -6.72. The van der Waals surface area contributed by atoms with Gasteiger partial charge in [-0.05, 0) is 31.4 Å². The SMILES string of the molecule is CCCCO[Si](CCCSCCC(=O)OCC[N+](C)(C)C)(OCCCC)OCCCC.O=S(=O)([N-]S(=O)(=O)C(F)(F)F)C(F)(F)F. The van der Waals surface area contributed by atoms with Crippen molar-refractivity contribution in [1.29, 1.82) is 0 Å². The Bertz CT molecular complexity index is 975. The van der Waals surface area contributed by atoms with E-state index < -0.39 is 39.9 Å². The van der Waals surface area contributed by atoms with Crippen LogP contribution < -0.4 is 0 Å². The number of hydrogen-bond acceptors (Lipinski definition) is 10. The van der Waals surface area contributed by atoms with Gasteiger partial charge in [0.15, 0.2) is 20.0 Å². The smallest absolute Gasteiger partial charge is 0.460 e. The van der Waals surface area contributed by atoms with E-state index in [2.05, 4.69) is 41.9 Å². The molecule has 0 amide bonds. The number of likely N-dealkylation sites (N-methyl/N-ethyl adjacent to an activating group) is 1. The molecule has 0 aromatic carbocycles. The van der Waals surface area contributed by atoms with E-state index in [1.807, 2.05) is 0 Å². The third-order valence-corrected chi connectivity index (χ3v) is 12.2. The normalized spacial score (nSPS) is 13.3.